The Morgan fingerprint density at radius 3 is 2.80 bits per heavy atom. The van der Waals surface area contributed by atoms with Gasteiger partial charge < -0.3 is 9.15 Å². The Balaban J connectivity index is 1.76. The maximum absolute atomic E-state index is 11.6. The van der Waals surface area contributed by atoms with E-state index in [4.69, 9.17) is 20.8 Å². The minimum Gasteiger partial charge on any atom is -0.496 e. The summed E-state index contributed by atoms with van der Waals surface area (Å²) in [7, 11) is 1.60. The Bertz CT molecular complexity index is 911. The highest BCUT2D eigenvalue weighted by Crippen LogP contribution is 2.30. The number of carbonyl (C=O) groups excluding carboxylic acids is 1. The van der Waals surface area contributed by atoms with E-state index in [2.05, 4.69) is 10.2 Å². The first-order valence-electron chi connectivity index (χ1n) is 7.47. The number of aromatic nitrogens is 2. The molecule has 1 aromatic heterocycles. The number of hydrogen-bond donors (Lipinski definition) is 0. The van der Waals surface area contributed by atoms with Crippen LogP contribution in [0.3, 0.4) is 0 Å². The minimum absolute atomic E-state index is 0.00920. The zero-order chi connectivity index (χ0) is 17.8. The standard InChI is InChI=1S/C18H15ClN2O3S/c1-11(22)12-6-7-16(23-2)14(8-12)10-25-18-21-20-17(24-18)13-4-3-5-15(19)9-13/h3-9H,10H2,1-2H3. The molecule has 7 heteroatoms. The second-order valence-electron chi connectivity index (χ2n) is 5.25. The fourth-order valence-corrected chi connectivity index (χ4v) is 3.19. The van der Waals surface area contributed by atoms with Crippen molar-refractivity contribution in [3.8, 4) is 17.2 Å². The number of benzene rings is 2. The van der Waals surface area contributed by atoms with Crippen LogP contribution in [0.25, 0.3) is 11.5 Å². The van der Waals surface area contributed by atoms with E-state index in [1.165, 1.54) is 18.7 Å². The summed E-state index contributed by atoms with van der Waals surface area (Å²) in [5.74, 6) is 1.68. The summed E-state index contributed by atoms with van der Waals surface area (Å²) in [6.07, 6.45) is 0. The van der Waals surface area contributed by atoms with E-state index in [1.54, 1.807) is 31.4 Å². The van der Waals surface area contributed by atoms with Gasteiger partial charge in [0.2, 0.25) is 5.89 Å². The number of Topliss-reactive ketones (excluding diaryl/α,β-unsaturated/α-hetero) is 1. The first kappa shape index (κ1) is 17.5. The summed E-state index contributed by atoms with van der Waals surface area (Å²) in [5.41, 5.74) is 2.30. The van der Waals surface area contributed by atoms with Gasteiger partial charge in [0.1, 0.15) is 5.75 Å². The number of ether oxygens (including phenoxy) is 1. The van der Waals surface area contributed by atoms with E-state index in [1.807, 2.05) is 18.2 Å². The lowest BCUT2D eigenvalue weighted by atomic mass is 10.1. The lowest BCUT2D eigenvalue weighted by molar-refractivity contribution is 0.101. The van der Waals surface area contributed by atoms with Gasteiger partial charge in [-0.1, -0.05) is 29.4 Å². The molecular formula is C18H15ClN2O3S. The van der Waals surface area contributed by atoms with Crippen molar-refractivity contribution in [1.29, 1.82) is 0 Å². The summed E-state index contributed by atoms with van der Waals surface area (Å²) in [4.78, 5) is 11.6. The molecule has 128 valence electrons. The fourth-order valence-electron chi connectivity index (χ4n) is 2.26. The van der Waals surface area contributed by atoms with E-state index >= 15 is 0 Å². The van der Waals surface area contributed by atoms with Gasteiger partial charge in [-0.2, -0.15) is 0 Å². The van der Waals surface area contributed by atoms with Crippen molar-refractivity contribution in [1.82, 2.24) is 10.2 Å². The van der Waals surface area contributed by atoms with Crippen LogP contribution in [-0.2, 0) is 5.75 Å². The number of carbonyl (C=O) groups is 1. The number of hydrogen-bond acceptors (Lipinski definition) is 6. The molecular weight excluding hydrogens is 360 g/mol. The van der Waals surface area contributed by atoms with Crippen molar-refractivity contribution >= 4 is 29.1 Å². The topological polar surface area (TPSA) is 65.2 Å². The van der Waals surface area contributed by atoms with Gasteiger partial charge in [-0.25, -0.2) is 0 Å². The average Bonchev–Trinajstić information content (AvgIpc) is 3.08. The van der Waals surface area contributed by atoms with Gasteiger partial charge in [0, 0.05) is 27.5 Å². The Labute approximate surface area is 154 Å². The van der Waals surface area contributed by atoms with Crippen LogP contribution in [0.2, 0.25) is 5.02 Å². The molecule has 0 aliphatic heterocycles. The molecule has 2 aromatic carbocycles. The van der Waals surface area contributed by atoms with Crippen LogP contribution < -0.4 is 4.74 Å². The zero-order valence-electron chi connectivity index (χ0n) is 13.7. The molecule has 0 radical (unpaired) electrons. The van der Waals surface area contributed by atoms with Gasteiger partial charge in [0.15, 0.2) is 5.78 Å². The molecule has 0 atom stereocenters. The first-order valence-corrected chi connectivity index (χ1v) is 8.83. The van der Waals surface area contributed by atoms with Gasteiger partial charge in [-0.05, 0) is 43.3 Å². The van der Waals surface area contributed by atoms with Crippen LogP contribution in [0.4, 0.5) is 0 Å². The number of nitrogens with zero attached hydrogens (tertiary/aromatic N) is 2. The molecule has 0 saturated heterocycles. The monoisotopic (exact) mass is 374 g/mol. The van der Waals surface area contributed by atoms with E-state index in [-0.39, 0.29) is 5.78 Å². The van der Waals surface area contributed by atoms with Gasteiger partial charge in [-0.15, -0.1) is 10.2 Å². The van der Waals surface area contributed by atoms with Crippen LogP contribution >= 0.6 is 23.4 Å². The van der Waals surface area contributed by atoms with Crippen molar-refractivity contribution < 1.29 is 13.9 Å². The largest absolute Gasteiger partial charge is 0.496 e. The van der Waals surface area contributed by atoms with E-state index in [9.17, 15) is 4.79 Å². The summed E-state index contributed by atoms with van der Waals surface area (Å²) in [6, 6.07) is 12.6. The van der Waals surface area contributed by atoms with Gasteiger partial charge >= 0.3 is 0 Å². The third-order valence-corrected chi connectivity index (χ3v) is 4.62. The Morgan fingerprint density at radius 2 is 2.08 bits per heavy atom. The predicted molar refractivity (Wildman–Crippen MR) is 97.3 cm³/mol. The maximum Gasteiger partial charge on any atom is 0.277 e. The predicted octanol–water partition coefficient (Wildman–Crippen LogP) is 4.89. The molecule has 5 nitrogen and oxygen atoms in total. The fraction of sp³-hybridized carbons (Fsp3) is 0.167. The van der Waals surface area contributed by atoms with Crippen LogP contribution in [-0.4, -0.2) is 23.1 Å². The van der Waals surface area contributed by atoms with Gasteiger partial charge in [-0.3, -0.25) is 4.79 Å². The first-order chi connectivity index (χ1) is 12.1. The van der Waals surface area contributed by atoms with Crippen molar-refractivity contribution in [2.75, 3.05) is 7.11 Å². The quantitative estimate of drug-likeness (QED) is 0.452. The van der Waals surface area contributed by atoms with Crippen molar-refractivity contribution in [3.05, 3.63) is 58.6 Å². The maximum atomic E-state index is 11.6. The summed E-state index contributed by atoms with van der Waals surface area (Å²) < 4.78 is 11.0. The number of halogens is 1. The third-order valence-electron chi connectivity index (χ3n) is 3.52. The number of thioether (sulfide) groups is 1. The molecule has 0 saturated carbocycles. The summed E-state index contributed by atoms with van der Waals surface area (Å²) >= 11 is 7.36. The number of ketones is 1. The minimum atomic E-state index is 0.00920. The van der Waals surface area contributed by atoms with Gasteiger partial charge in [0.05, 0.1) is 7.11 Å². The Hall–Kier alpha value is -2.31. The second kappa shape index (κ2) is 7.72. The molecule has 0 bridgehead atoms. The molecule has 25 heavy (non-hydrogen) atoms. The highest BCUT2D eigenvalue weighted by atomic mass is 35.5. The smallest absolute Gasteiger partial charge is 0.277 e. The third kappa shape index (κ3) is 4.21. The van der Waals surface area contributed by atoms with Crippen LogP contribution in [0.1, 0.15) is 22.8 Å². The Kier molecular flexibility index (Phi) is 5.40. The average molecular weight is 375 g/mol. The Morgan fingerprint density at radius 1 is 1.24 bits per heavy atom. The van der Waals surface area contributed by atoms with Crippen molar-refractivity contribution in [2.45, 2.75) is 17.9 Å². The van der Waals surface area contributed by atoms with Crippen molar-refractivity contribution in [3.63, 3.8) is 0 Å². The van der Waals surface area contributed by atoms with Crippen LogP contribution in [0, 0.1) is 0 Å². The molecule has 0 fully saturated rings. The highest BCUT2D eigenvalue weighted by molar-refractivity contribution is 7.98. The van der Waals surface area contributed by atoms with E-state index in [0.717, 1.165) is 11.1 Å². The highest BCUT2D eigenvalue weighted by Gasteiger charge is 2.12. The van der Waals surface area contributed by atoms with E-state index < -0.39 is 0 Å². The second-order valence-corrected chi connectivity index (χ2v) is 6.62. The normalized spacial score (nSPS) is 10.7. The van der Waals surface area contributed by atoms with E-state index in [0.29, 0.717) is 33.2 Å². The molecule has 0 N–H and O–H groups in total. The molecule has 0 aliphatic carbocycles. The number of methoxy groups -OCH3 is 1. The molecule has 1 heterocycles. The van der Waals surface area contributed by atoms with Crippen LogP contribution in [0.15, 0.2) is 52.1 Å². The zero-order valence-corrected chi connectivity index (χ0v) is 15.2. The molecule has 3 aromatic rings. The number of rotatable bonds is 6. The molecule has 3 rings (SSSR count). The molecule has 0 spiro atoms. The molecule has 0 unspecified atom stereocenters. The summed E-state index contributed by atoms with van der Waals surface area (Å²) in [5, 5.41) is 9.14. The summed E-state index contributed by atoms with van der Waals surface area (Å²) in [6.45, 7) is 1.54. The van der Waals surface area contributed by atoms with Gasteiger partial charge in [0.25, 0.3) is 5.22 Å². The molecule has 0 aliphatic rings. The SMILES string of the molecule is COc1ccc(C(C)=O)cc1CSc1nnc(-c2cccc(Cl)c2)o1. The molecule has 0 amide bonds. The van der Waals surface area contributed by atoms with Crippen molar-refractivity contribution in [2.24, 2.45) is 0 Å². The van der Waals surface area contributed by atoms with Crippen LogP contribution in [0.5, 0.6) is 5.75 Å². The lowest BCUT2D eigenvalue weighted by Crippen LogP contribution is -1.96. The lowest BCUT2D eigenvalue weighted by Gasteiger charge is -2.08.